The molecule has 0 saturated carbocycles. The summed E-state index contributed by atoms with van der Waals surface area (Å²) in [5.41, 5.74) is 3.76. The zero-order valence-electron chi connectivity index (χ0n) is 17.3. The van der Waals surface area contributed by atoms with Crippen molar-refractivity contribution in [1.29, 1.82) is 0 Å². The quantitative estimate of drug-likeness (QED) is 0.499. The molecule has 0 bridgehead atoms. The Bertz CT molecular complexity index is 1010. The number of likely N-dealkylation sites (tertiary alicyclic amines) is 1. The molecule has 0 aromatic heterocycles. The maximum absolute atomic E-state index is 12.7. The summed E-state index contributed by atoms with van der Waals surface area (Å²) in [6.45, 7) is 8.38. The molecule has 2 aromatic rings. The fraction of sp³-hybridized carbons (Fsp3) is 0.409. The molecule has 29 heavy (non-hydrogen) atoms. The molecule has 0 spiro atoms. The van der Waals surface area contributed by atoms with E-state index in [-0.39, 0.29) is 10.6 Å². The van der Waals surface area contributed by atoms with E-state index in [0.717, 1.165) is 36.3 Å². The first-order chi connectivity index (χ1) is 13.8. The Labute approximate surface area is 173 Å². The number of rotatable bonds is 6. The second-order valence-corrected chi connectivity index (χ2v) is 9.52. The molecule has 7 heteroatoms. The number of hydrazone groups is 1. The van der Waals surface area contributed by atoms with Crippen molar-refractivity contribution in [1.82, 2.24) is 4.83 Å². The fourth-order valence-corrected chi connectivity index (χ4v) is 4.88. The van der Waals surface area contributed by atoms with Crippen LogP contribution in [0.4, 0.5) is 0 Å². The number of phenolic OH excluding ortho intramolecular Hbond substituents is 1. The van der Waals surface area contributed by atoms with E-state index >= 15 is 0 Å². The van der Waals surface area contributed by atoms with Gasteiger partial charge in [0.2, 0.25) is 0 Å². The van der Waals surface area contributed by atoms with Crippen LogP contribution in [-0.2, 0) is 16.6 Å². The van der Waals surface area contributed by atoms with Gasteiger partial charge >= 0.3 is 0 Å². The lowest BCUT2D eigenvalue weighted by atomic mass is 10.0. The smallest absolute Gasteiger partial charge is 0.276 e. The minimum absolute atomic E-state index is 0.231. The summed E-state index contributed by atoms with van der Waals surface area (Å²) in [6.07, 6.45) is 3.72. The molecule has 1 heterocycles. The van der Waals surface area contributed by atoms with E-state index in [1.165, 1.54) is 24.2 Å². The summed E-state index contributed by atoms with van der Waals surface area (Å²) in [5.74, 6) is 0.274. The monoisotopic (exact) mass is 416 g/mol. The zero-order valence-corrected chi connectivity index (χ0v) is 18.1. The average Bonchev–Trinajstić information content (AvgIpc) is 2.70. The average molecular weight is 417 g/mol. The normalized spacial score (nSPS) is 16.0. The zero-order chi connectivity index (χ0) is 21.0. The molecule has 156 valence electrons. The van der Waals surface area contributed by atoms with Crippen molar-refractivity contribution in [3.8, 4) is 5.75 Å². The Morgan fingerprint density at radius 1 is 1.10 bits per heavy atom. The topological polar surface area (TPSA) is 83.2 Å². The van der Waals surface area contributed by atoms with Crippen molar-refractivity contribution in [2.75, 3.05) is 13.1 Å². The lowest BCUT2D eigenvalue weighted by molar-refractivity contribution is -0.918. The van der Waals surface area contributed by atoms with E-state index in [9.17, 15) is 13.5 Å². The summed E-state index contributed by atoms with van der Waals surface area (Å²) in [6, 6.07) is 10.6. The summed E-state index contributed by atoms with van der Waals surface area (Å²) >= 11 is 0. The number of aryl methyl sites for hydroxylation is 2. The van der Waals surface area contributed by atoms with Crippen LogP contribution in [0.2, 0.25) is 0 Å². The van der Waals surface area contributed by atoms with Crippen molar-refractivity contribution in [2.24, 2.45) is 5.10 Å². The van der Waals surface area contributed by atoms with Gasteiger partial charge in [-0.25, -0.2) is 0 Å². The van der Waals surface area contributed by atoms with Gasteiger partial charge in [-0.2, -0.15) is 18.4 Å². The van der Waals surface area contributed by atoms with Crippen molar-refractivity contribution in [2.45, 2.75) is 51.5 Å². The molecule has 1 aliphatic heterocycles. The molecular formula is C22H30N3O3S+. The second-order valence-electron chi connectivity index (χ2n) is 7.89. The molecular weight excluding hydrogens is 386 g/mol. The first-order valence-electron chi connectivity index (χ1n) is 10.1. The third kappa shape index (κ3) is 5.36. The molecule has 1 aliphatic rings. The highest BCUT2D eigenvalue weighted by Gasteiger charge is 2.18. The number of quaternary nitrogens is 1. The van der Waals surface area contributed by atoms with Gasteiger partial charge in [0.25, 0.3) is 10.0 Å². The number of hydrogen-bond donors (Lipinski definition) is 3. The van der Waals surface area contributed by atoms with Crippen molar-refractivity contribution >= 4 is 15.7 Å². The van der Waals surface area contributed by atoms with Crippen LogP contribution in [0.3, 0.4) is 0 Å². The first kappa shape index (κ1) is 21.3. The highest BCUT2D eigenvalue weighted by Crippen LogP contribution is 2.19. The first-order valence-corrected chi connectivity index (χ1v) is 11.5. The van der Waals surface area contributed by atoms with Crippen LogP contribution in [0, 0.1) is 13.8 Å². The van der Waals surface area contributed by atoms with E-state index < -0.39 is 10.0 Å². The van der Waals surface area contributed by atoms with E-state index in [1.807, 2.05) is 19.1 Å². The van der Waals surface area contributed by atoms with Gasteiger partial charge in [0.1, 0.15) is 12.3 Å². The van der Waals surface area contributed by atoms with Gasteiger partial charge in [0.15, 0.2) is 0 Å². The van der Waals surface area contributed by atoms with Crippen molar-refractivity contribution in [3.05, 3.63) is 58.7 Å². The number of aromatic hydroxyl groups is 1. The number of hydrogen-bond acceptors (Lipinski definition) is 4. The molecule has 0 aliphatic carbocycles. The summed E-state index contributed by atoms with van der Waals surface area (Å²) in [4.78, 5) is 4.05. The third-order valence-electron chi connectivity index (χ3n) is 5.47. The molecule has 0 amide bonds. The molecule has 0 radical (unpaired) electrons. The largest absolute Gasteiger partial charge is 0.507 e. The standard InChI is InChI=1S/C22H29N3O3S/c1-16-7-8-17(2)22(13-16)29(27,28)24-23-18(3)19-9-10-21(26)20(14-19)15-25-11-5-4-6-12-25/h7-10,13-14,24,26H,4-6,11-12,15H2,1-3H3/p+1/b23-18+. The van der Waals surface area contributed by atoms with Gasteiger partial charge in [-0.05, 0) is 81.0 Å². The van der Waals surface area contributed by atoms with Crippen molar-refractivity contribution < 1.29 is 18.4 Å². The minimum atomic E-state index is -3.75. The summed E-state index contributed by atoms with van der Waals surface area (Å²) in [7, 11) is -3.75. The lowest BCUT2D eigenvalue weighted by Gasteiger charge is -2.24. The number of sulfonamides is 1. The highest BCUT2D eigenvalue weighted by molar-refractivity contribution is 7.89. The van der Waals surface area contributed by atoms with E-state index in [1.54, 1.807) is 38.1 Å². The van der Waals surface area contributed by atoms with Gasteiger partial charge in [-0.3, -0.25) is 0 Å². The molecule has 1 fully saturated rings. The Hall–Kier alpha value is -2.38. The van der Waals surface area contributed by atoms with Crippen LogP contribution in [0.5, 0.6) is 5.75 Å². The predicted molar refractivity (Wildman–Crippen MR) is 115 cm³/mol. The molecule has 3 rings (SSSR count). The van der Waals surface area contributed by atoms with E-state index in [0.29, 0.717) is 11.3 Å². The number of nitrogens with one attached hydrogen (secondary N) is 2. The second kappa shape index (κ2) is 8.97. The van der Waals surface area contributed by atoms with Gasteiger partial charge in [0.05, 0.1) is 23.7 Å². The molecule has 0 atom stereocenters. The third-order valence-corrected chi connectivity index (χ3v) is 6.82. The maximum atomic E-state index is 12.7. The molecule has 2 aromatic carbocycles. The van der Waals surface area contributed by atoms with Gasteiger partial charge in [-0.1, -0.05) is 12.1 Å². The maximum Gasteiger partial charge on any atom is 0.276 e. The number of nitrogens with zero attached hydrogens (tertiary/aromatic N) is 1. The van der Waals surface area contributed by atoms with Gasteiger partial charge < -0.3 is 10.0 Å². The van der Waals surface area contributed by atoms with Crippen LogP contribution < -0.4 is 9.73 Å². The number of phenols is 1. The predicted octanol–water partition coefficient (Wildman–Crippen LogP) is 2.28. The van der Waals surface area contributed by atoms with E-state index in [4.69, 9.17) is 0 Å². The summed E-state index contributed by atoms with van der Waals surface area (Å²) < 4.78 is 25.3. The Balaban J connectivity index is 1.78. The number of piperidine rings is 1. The van der Waals surface area contributed by atoms with Crippen molar-refractivity contribution in [3.63, 3.8) is 0 Å². The molecule has 0 unspecified atom stereocenters. The Morgan fingerprint density at radius 2 is 1.83 bits per heavy atom. The highest BCUT2D eigenvalue weighted by atomic mass is 32.2. The van der Waals surface area contributed by atoms with Gasteiger partial charge in [0, 0.05) is 5.56 Å². The Morgan fingerprint density at radius 3 is 2.55 bits per heavy atom. The number of benzene rings is 2. The lowest BCUT2D eigenvalue weighted by Crippen LogP contribution is -3.11. The fourth-order valence-electron chi connectivity index (χ4n) is 3.69. The minimum Gasteiger partial charge on any atom is -0.507 e. The van der Waals surface area contributed by atoms with Crippen LogP contribution in [0.1, 0.15) is 48.4 Å². The van der Waals surface area contributed by atoms with Crippen LogP contribution >= 0.6 is 0 Å². The molecule has 3 N–H and O–H groups in total. The van der Waals surface area contributed by atoms with Crippen LogP contribution in [0.15, 0.2) is 46.4 Å². The Kier molecular flexibility index (Phi) is 6.59. The summed E-state index contributed by atoms with van der Waals surface area (Å²) in [5, 5.41) is 14.4. The molecule has 1 saturated heterocycles. The van der Waals surface area contributed by atoms with Crippen LogP contribution in [-0.4, -0.2) is 32.3 Å². The van der Waals surface area contributed by atoms with Gasteiger partial charge in [-0.15, -0.1) is 0 Å². The molecule has 6 nitrogen and oxygen atoms in total. The van der Waals surface area contributed by atoms with Crippen LogP contribution in [0.25, 0.3) is 0 Å². The van der Waals surface area contributed by atoms with E-state index in [2.05, 4.69) is 9.93 Å². The SMILES string of the molecule is C/C(=N\NS(=O)(=O)c1cc(C)ccc1C)c1ccc(O)c(C[NH+]2CCCCC2)c1.